The van der Waals surface area contributed by atoms with Crippen LogP contribution in [0.2, 0.25) is 5.02 Å². The van der Waals surface area contributed by atoms with Gasteiger partial charge in [-0.05, 0) is 34.8 Å². The van der Waals surface area contributed by atoms with Gasteiger partial charge in [-0.15, -0.1) is 5.10 Å². The van der Waals surface area contributed by atoms with Gasteiger partial charge in [-0.1, -0.05) is 16.1 Å². The molecule has 0 amide bonds. The molecule has 2 heterocycles. The van der Waals surface area contributed by atoms with E-state index in [2.05, 4.69) is 9.59 Å². The maximum Gasteiger partial charge on any atom is 0.126 e. The van der Waals surface area contributed by atoms with Crippen molar-refractivity contribution in [1.82, 2.24) is 9.59 Å². The average Bonchev–Trinajstić information content (AvgIpc) is 2.98. The summed E-state index contributed by atoms with van der Waals surface area (Å²) in [6.45, 7) is 0.678. The summed E-state index contributed by atoms with van der Waals surface area (Å²) in [6.07, 6.45) is 0.640. The maximum absolute atomic E-state index is 10.1. The molecule has 6 heteroatoms. The summed E-state index contributed by atoms with van der Waals surface area (Å²) in [5, 5.41) is 16.4. The molecule has 3 rings (SSSR count). The molecule has 1 aliphatic heterocycles. The predicted molar refractivity (Wildman–Crippen MR) is 69.2 cm³/mol. The summed E-state index contributed by atoms with van der Waals surface area (Å²) in [7, 11) is 0. The van der Waals surface area contributed by atoms with Crippen molar-refractivity contribution < 1.29 is 9.84 Å². The predicted octanol–water partition coefficient (Wildman–Crippen LogP) is 2.40. The maximum atomic E-state index is 10.1. The molecule has 4 nitrogen and oxygen atoms in total. The number of aliphatic hydroxyl groups excluding tert-OH is 1. The van der Waals surface area contributed by atoms with Crippen molar-refractivity contribution in [3.8, 4) is 5.75 Å². The standard InChI is InChI=1S/C12H11ClN2O2S/c13-9-3-7-1-2-17-12(7)8(4-9)5-11(16)10-6-18-15-14-10/h3-4,6,11,16H,1-2,5H2. The molecular formula is C12H11ClN2O2S. The first-order valence-corrected chi connectivity index (χ1v) is 6.84. The SMILES string of the molecule is OC(Cc1cc(Cl)cc2c1OCC2)c1csnn1. The van der Waals surface area contributed by atoms with Crippen LogP contribution in [0.15, 0.2) is 17.5 Å². The quantitative estimate of drug-likeness (QED) is 0.939. The lowest BCUT2D eigenvalue weighted by molar-refractivity contribution is 0.172. The highest BCUT2D eigenvalue weighted by atomic mass is 35.5. The number of halogens is 1. The Bertz CT molecular complexity index is 559. The second-order valence-electron chi connectivity index (χ2n) is 4.20. The van der Waals surface area contributed by atoms with Gasteiger partial charge in [0.25, 0.3) is 0 Å². The first kappa shape index (κ1) is 11.9. The summed E-state index contributed by atoms with van der Waals surface area (Å²) in [4.78, 5) is 0. The van der Waals surface area contributed by atoms with E-state index in [9.17, 15) is 5.11 Å². The number of ether oxygens (including phenoxy) is 1. The molecular weight excluding hydrogens is 272 g/mol. The van der Waals surface area contributed by atoms with Crippen LogP contribution in [-0.2, 0) is 12.8 Å². The zero-order valence-electron chi connectivity index (χ0n) is 9.47. The lowest BCUT2D eigenvalue weighted by Crippen LogP contribution is -2.04. The lowest BCUT2D eigenvalue weighted by Gasteiger charge is -2.12. The molecule has 1 aromatic heterocycles. The smallest absolute Gasteiger partial charge is 0.126 e. The van der Waals surface area contributed by atoms with E-state index >= 15 is 0 Å². The molecule has 2 aromatic rings. The molecule has 1 N–H and O–H groups in total. The molecule has 0 radical (unpaired) electrons. The molecule has 0 fully saturated rings. The first-order valence-electron chi connectivity index (χ1n) is 5.63. The normalized spacial score (nSPS) is 15.2. The molecule has 0 spiro atoms. The zero-order chi connectivity index (χ0) is 12.5. The zero-order valence-corrected chi connectivity index (χ0v) is 11.0. The Labute approximate surface area is 113 Å². The Kier molecular flexibility index (Phi) is 3.20. The monoisotopic (exact) mass is 282 g/mol. The lowest BCUT2D eigenvalue weighted by atomic mass is 10.0. The van der Waals surface area contributed by atoms with Crippen molar-refractivity contribution in [3.05, 3.63) is 39.4 Å². The van der Waals surface area contributed by atoms with Crippen molar-refractivity contribution in [2.75, 3.05) is 6.61 Å². The van der Waals surface area contributed by atoms with Gasteiger partial charge in [-0.3, -0.25) is 0 Å². The van der Waals surface area contributed by atoms with Crippen LogP contribution >= 0.6 is 23.1 Å². The molecule has 18 heavy (non-hydrogen) atoms. The summed E-state index contributed by atoms with van der Waals surface area (Å²) in [6, 6.07) is 3.76. The highest BCUT2D eigenvalue weighted by molar-refractivity contribution is 7.03. The van der Waals surface area contributed by atoms with E-state index < -0.39 is 6.10 Å². The Morgan fingerprint density at radius 2 is 2.39 bits per heavy atom. The molecule has 1 aromatic carbocycles. The second kappa shape index (κ2) is 4.84. The summed E-state index contributed by atoms with van der Waals surface area (Å²) < 4.78 is 9.35. The molecule has 0 bridgehead atoms. The third kappa shape index (κ3) is 2.21. The van der Waals surface area contributed by atoms with E-state index in [-0.39, 0.29) is 0 Å². The minimum Gasteiger partial charge on any atom is -0.493 e. The molecule has 0 aliphatic carbocycles. The highest BCUT2D eigenvalue weighted by Gasteiger charge is 2.21. The van der Waals surface area contributed by atoms with Crippen LogP contribution < -0.4 is 4.74 Å². The van der Waals surface area contributed by atoms with Crippen LogP contribution in [0.1, 0.15) is 22.9 Å². The Balaban J connectivity index is 1.89. The third-order valence-corrected chi connectivity index (χ3v) is 3.70. The number of hydrogen-bond donors (Lipinski definition) is 1. The third-order valence-electron chi connectivity index (χ3n) is 2.96. The first-order chi connectivity index (χ1) is 8.74. The van der Waals surface area contributed by atoms with Gasteiger partial charge in [0.2, 0.25) is 0 Å². The van der Waals surface area contributed by atoms with Crippen molar-refractivity contribution in [3.63, 3.8) is 0 Å². The van der Waals surface area contributed by atoms with Crippen molar-refractivity contribution in [2.24, 2.45) is 0 Å². The van der Waals surface area contributed by atoms with E-state index in [1.165, 1.54) is 11.5 Å². The Morgan fingerprint density at radius 3 is 3.17 bits per heavy atom. The molecule has 0 saturated carbocycles. The van der Waals surface area contributed by atoms with Gasteiger partial charge in [-0.25, -0.2) is 0 Å². The van der Waals surface area contributed by atoms with Crippen molar-refractivity contribution in [1.29, 1.82) is 0 Å². The fourth-order valence-corrected chi connectivity index (χ4v) is 2.89. The van der Waals surface area contributed by atoms with E-state index in [1.54, 1.807) is 5.38 Å². The number of aromatic nitrogens is 2. The fraction of sp³-hybridized carbons (Fsp3) is 0.333. The number of aliphatic hydroxyl groups is 1. The Hall–Kier alpha value is -1.17. The average molecular weight is 283 g/mol. The summed E-state index contributed by atoms with van der Waals surface area (Å²) in [5.41, 5.74) is 2.63. The summed E-state index contributed by atoms with van der Waals surface area (Å²) >= 11 is 7.30. The van der Waals surface area contributed by atoms with Gasteiger partial charge in [0, 0.05) is 23.2 Å². The van der Waals surface area contributed by atoms with Crippen LogP contribution in [-0.4, -0.2) is 21.3 Å². The molecule has 1 atom stereocenters. The molecule has 1 aliphatic rings. The number of hydrogen-bond acceptors (Lipinski definition) is 5. The van der Waals surface area contributed by atoms with Gasteiger partial charge in [0.05, 0.1) is 6.61 Å². The number of rotatable bonds is 3. The largest absolute Gasteiger partial charge is 0.493 e. The van der Waals surface area contributed by atoms with Gasteiger partial charge >= 0.3 is 0 Å². The summed E-state index contributed by atoms with van der Waals surface area (Å²) in [5.74, 6) is 0.863. The van der Waals surface area contributed by atoms with Gasteiger partial charge in [0.15, 0.2) is 0 Å². The second-order valence-corrected chi connectivity index (χ2v) is 5.25. The number of fused-ring (bicyclic) bond motifs is 1. The molecule has 94 valence electrons. The van der Waals surface area contributed by atoms with Gasteiger partial charge in [0.1, 0.15) is 17.5 Å². The fourth-order valence-electron chi connectivity index (χ4n) is 2.13. The minimum absolute atomic E-state index is 0.439. The van der Waals surface area contributed by atoms with Gasteiger partial charge in [-0.2, -0.15) is 0 Å². The molecule has 1 unspecified atom stereocenters. The topological polar surface area (TPSA) is 55.2 Å². The van der Waals surface area contributed by atoms with Crippen LogP contribution in [0.5, 0.6) is 5.75 Å². The minimum atomic E-state index is -0.671. The van der Waals surface area contributed by atoms with E-state index in [0.29, 0.717) is 23.7 Å². The van der Waals surface area contributed by atoms with Crippen LogP contribution in [0.3, 0.4) is 0 Å². The Morgan fingerprint density at radius 1 is 1.50 bits per heavy atom. The van der Waals surface area contributed by atoms with E-state index in [4.69, 9.17) is 16.3 Å². The highest BCUT2D eigenvalue weighted by Crippen LogP contribution is 2.35. The van der Waals surface area contributed by atoms with Crippen molar-refractivity contribution >= 4 is 23.1 Å². The van der Waals surface area contributed by atoms with Gasteiger partial charge < -0.3 is 9.84 Å². The van der Waals surface area contributed by atoms with E-state index in [1.807, 2.05) is 12.1 Å². The van der Waals surface area contributed by atoms with Crippen LogP contribution in [0.4, 0.5) is 0 Å². The number of benzene rings is 1. The molecule has 0 saturated heterocycles. The number of nitrogens with zero attached hydrogens (tertiary/aromatic N) is 2. The van der Waals surface area contributed by atoms with Crippen LogP contribution in [0.25, 0.3) is 0 Å². The van der Waals surface area contributed by atoms with Crippen molar-refractivity contribution in [2.45, 2.75) is 18.9 Å². The van der Waals surface area contributed by atoms with Crippen LogP contribution in [0, 0.1) is 0 Å². The van der Waals surface area contributed by atoms with E-state index in [0.717, 1.165) is 23.3 Å².